The van der Waals surface area contributed by atoms with Crippen LogP contribution in [0.2, 0.25) is 0 Å². The molecule has 2 rings (SSSR count). The van der Waals surface area contributed by atoms with Crippen molar-refractivity contribution in [3.63, 3.8) is 0 Å². The SMILES string of the molecule is CC(O)c1ccc(Oc2ccc(C(C)(C)C)cc2)cn1. The van der Waals surface area contributed by atoms with Gasteiger partial charge in [-0.15, -0.1) is 0 Å². The maximum atomic E-state index is 9.41. The Morgan fingerprint density at radius 3 is 2.05 bits per heavy atom. The first-order chi connectivity index (χ1) is 9.36. The molecule has 1 unspecified atom stereocenters. The number of pyridine rings is 1. The molecule has 0 saturated heterocycles. The van der Waals surface area contributed by atoms with E-state index in [1.165, 1.54) is 5.56 Å². The number of aliphatic hydroxyl groups excluding tert-OH is 1. The van der Waals surface area contributed by atoms with Crippen molar-refractivity contribution in [2.75, 3.05) is 0 Å². The average molecular weight is 271 g/mol. The topological polar surface area (TPSA) is 42.4 Å². The summed E-state index contributed by atoms with van der Waals surface area (Å²) in [4.78, 5) is 4.16. The molecule has 0 amide bonds. The number of benzene rings is 1. The second-order valence-corrected chi connectivity index (χ2v) is 5.97. The highest BCUT2D eigenvalue weighted by molar-refractivity contribution is 5.34. The molecule has 1 heterocycles. The maximum absolute atomic E-state index is 9.41. The fraction of sp³-hybridized carbons (Fsp3) is 0.353. The highest BCUT2D eigenvalue weighted by Gasteiger charge is 2.13. The number of aliphatic hydroxyl groups is 1. The largest absolute Gasteiger partial charge is 0.456 e. The van der Waals surface area contributed by atoms with E-state index in [2.05, 4.69) is 37.9 Å². The monoisotopic (exact) mass is 271 g/mol. The van der Waals surface area contributed by atoms with Crippen molar-refractivity contribution >= 4 is 0 Å². The molecule has 0 radical (unpaired) electrons. The number of nitrogens with zero attached hydrogens (tertiary/aromatic N) is 1. The molecule has 2 aromatic rings. The summed E-state index contributed by atoms with van der Waals surface area (Å²) in [6, 6.07) is 11.7. The standard InChI is InChI=1S/C17H21NO2/c1-12(19)16-10-9-15(11-18-16)20-14-7-5-13(6-8-14)17(2,3)4/h5-12,19H,1-4H3. The lowest BCUT2D eigenvalue weighted by Gasteiger charge is -2.19. The molecule has 0 aliphatic heterocycles. The van der Waals surface area contributed by atoms with Crippen molar-refractivity contribution in [2.24, 2.45) is 0 Å². The van der Waals surface area contributed by atoms with Gasteiger partial charge in [-0.25, -0.2) is 0 Å². The van der Waals surface area contributed by atoms with E-state index in [4.69, 9.17) is 4.74 Å². The smallest absolute Gasteiger partial charge is 0.145 e. The van der Waals surface area contributed by atoms with E-state index in [-0.39, 0.29) is 5.41 Å². The summed E-state index contributed by atoms with van der Waals surface area (Å²) in [6.45, 7) is 8.23. The first-order valence-electron chi connectivity index (χ1n) is 6.79. The second-order valence-electron chi connectivity index (χ2n) is 5.97. The molecule has 0 bridgehead atoms. The molecule has 1 N–H and O–H groups in total. The average Bonchev–Trinajstić information content (AvgIpc) is 2.39. The molecule has 3 nitrogen and oxygen atoms in total. The van der Waals surface area contributed by atoms with Crippen LogP contribution in [0.1, 0.15) is 45.1 Å². The summed E-state index contributed by atoms with van der Waals surface area (Å²) < 4.78 is 5.74. The fourth-order valence-corrected chi connectivity index (χ4v) is 1.86. The lowest BCUT2D eigenvalue weighted by Crippen LogP contribution is -2.10. The maximum Gasteiger partial charge on any atom is 0.145 e. The molecule has 106 valence electrons. The van der Waals surface area contributed by atoms with Gasteiger partial charge in [0.05, 0.1) is 18.0 Å². The molecule has 20 heavy (non-hydrogen) atoms. The quantitative estimate of drug-likeness (QED) is 0.908. The predicted molar refractivity (Wildman–Crippen MR) is 80.1 cm³/mol. The minimum atomic E-state index is -0.560. The van der Waals surface area contributed by atoms with Gasteiger partial charge in [0.15, 0.2) is 0 Å². The van der Waals surface area contributed by atoms with E-state index in [9.17, 15) is 5.11 Å². The second kappa shape index (κ2) is 5.63. The molecular weight excluding hydrogens is 250 g/mol. The van der Waals surface area contributed by atoms with E-state index >= 15 is 0 Å². The van der Waals surface area contributed by atoms with Crippen LogP contribution in [0.4, 0.5) is 0 Å². The van der Waals surface area contributed by atoms with E-state index in [1.54, 1.807) is 19.2 Å². The molecule has 0 fully saturated rings. The van der Waals surface area contributed by atoms with Crippen LogP contribution in [0.25, 0.3) is 0 Å². The zero-order chi connectivity index (χ0) is 14.8. The van der Waals surface area contributed by atoms with Gasteiger partial charge in [-0.05, 0) is 42.2 Å². The number of hydrogen-bond donors (Lipinski definition) is 1. The fourth-order valence-electron chi connectivity index (χ4n) is 1.86. The summed E-state index contributed by atoms with van der Waals surface area (Å²) in [5, 5.41) is 9.41. The van der Waals surface area contributed by atoms with Crippen molar-refractivity contribution in [3.05, 3.63) is 53.9 Å². The molecular formula is C17H21NO2. The summed E-state index contributed by atoms with van der Waals surface area (Å²) in [5.41, 5.74) is 2.05. The van der Waals surface area contributed by atoms with Crippen LogP contribution in [0.3, 0.4) is 0 Å². The summed E-state index contributed by atoms with van der Waals surface area (Å²) in [5.74, 6) is 1.45. The summed E-state index contributed by atoms with van der Waals surface area (Å²) in [6.07, 6.45) is 1.06. The zero-order valence-electron chi connectivity index (χ0n) is 12.4. The third-order valence-corrected chi connectivity index (χ3v) is 3.14. The minimum absolute atomic E-state index is 0.138. The van der Waals surface area contributed by atoms with Gasteiger partial charge in [0.2, 0.25) is 0 Å². The Bertz CT molecular complexity index is 551. The summed E-state index contributed by atoms with van der Waals surface area (Å²) >= 11 is 0. The van der Waals surface area contributed by atoms with E-state index in [1.807, 2.05) is 18.2 Å². The minimum Gasteiger partial charge on any atom is -0.456 e. The number of hydrogen-bond acceptors (Lipinski definition) is 3. The Morgan fingerprint density at radius 1 is 1.00 bits per heavy atom. The van der Waals surface area contributed by atoms with Gasteiger partial charge in [0.25, 0.3) is 0 Å². The van der Waals surface area contributed by atoms with Crippen LogP contribution in [-0.4, -0.2) is 10.1 Å². The third-order valence-electron chi connectivity index (χ3n) is 3.14. The van der Waals surface area contributed by atoms with Crippen LogP contribution < -0.4 is 4.74 Å². The highest BCUT2D eigenvalue weighted by Crippen LogP contribution is 2.27. The predicted octanol–water partition coefficient (Wildman–Crippen LogP) is 4.22. The number of rotatable bonds is 3. The lowest BCUT2D eigenvalue weighted by molar-refractivity contribution is 0.194. The van der Waals surface area contributed by atoms with Crippen molar-refractivity contribution < 1.29 is 9.84 Å². The van der Waals surface area contributed by atoms with E-state index in [0.29, 0.717) is 11.4 Å². The van der Waals surface area contributed by atoms with Gasteiger partial charge >= 0.3 is 0 Å². The Morgan fingerprint density at radius 2 is 1.60 bits per heavy atom. The molecule has 0 aliphatic carbocycles. The van der Waals surface area contributed by atoms with Crippen molar-refractivity contribution in [1.29, 1.82) is 0 Å². The molecule has 0 aliphatic rings. The van der Waals surface area contributed by atoms with Gasteiger partial charge in [-0.3, -0.25) is 4.98 Å². The molecule has 1 aromatic carbocycles. The number of ether oxygens (including phenoxy) is 1. The van der Waals surface area contributed by atoms with Gasteiger partial charge < -0.3 is 9.84 Å². The molecule has 0 spiro atoms. The van der Waals surface area contributed by atoms with Crippen molar-refractivity contribution in [1.82, 2.24) is 4.98 Å². The normalized spacial score (nSPS) is 13.1. The molecule has 1 atom stereocenters. The van der Waals surface area contributed by atoms with Gasteiger partial charge in [-0.1, -0.05) is 32.9 Å². The van der Waals surface area contributed by atoms with Crippen LogP contribution in [0, 0.1) is 0 Å². The lowest BCUT2D eigenvalue weighted by atomic mass is 9.87. The Kier molecular flexibility index (Phi) is 4.09. The first kappa shape index (κ1) is 14.5. The Balaban J connectivity index is 2.10. The zero-order valence-corrected chi connectivity index (χ0v) is 12.4. The first-order valence-corrected chi connectivity index (χ1v) is 6.79. The highest BCUT2D eigenvalue weighted by atomic mass is 16.5. The molecule has 3 heteroatoms. The summed E-state index contributed by atoms with van der Waals surface area (Å²) in [7, 11) is 0. The van der Waals surface area contributed by atoms with Crippen molar-refractivity contribution in [3.8, 4) is 11.5 Å². The van der Waals surface area contributed by atoms with Gasteiger partial charge in [0.1, 0.15) is 11.5 Å². The Labute approximate surface area is 120 Å². The van der Waals surface area contributed by atoms with E-state index < -0.39 is 6.10 Å². The molecule has 1 aromatic heterocycles. The number of aromatic nitrogens is 1. The third kappa shape index (κ3) is 3.58. The van der Waals surface area contributed by atoms with Crippen LogP contribution in [0.5, 0.6) is 11.5 Å². The van der Waals surface area contributed by atoms with E-state index in [0.717, 1.165) is 5.75 Å². The molecule has 0 saturated carbocycles. The van der Waals surface area contributed by atoms with Gasteiger partial charge in [-0.2, -0.15) is 0 Å². The van der Waals surface area contributed by atoms with Gasteiger partial charge in [0, 0.05) is 0 Å². The van der Waals surface area contributed by atoms with Crippen LogP contribution in [-0.2, 0) is 5.41 Å². The van der Waals surface area contributed by atoms with Crippen LogP contribution in [0.15, 0.2) is 42.6 Å². The van der Waals surface area contributed by atoms with Crippen LogP contribution >= 0.6 is 0 Å². The Hall–Kier alpha value is -1.87. The van der Waals surface area contributed by atoms with Crippen molar-refractivity contribution in [2.45, 2.75) is 39.2 Å².